The Balaban J connectivity index is 2.09. The van der Waals surface area contributed by atoms with Crippen LogP contribution in [0, 0.1) is 3.57 Å². The van der Waals surface area contributed by atoms with Crippen LogP contribution in [0.4, 0.5) is 0 Å². The maximum Gasteiger partial charge on any atom is 0.251 e. The lowest BCUT2D eigenvalue weighted by atomic mass is 9.94. The number of phenolic OH excluding ortho intramolecular Hbond substituents is 1. The standard InChI is InChI=1S/C13H16INO3/c1-13(5-2-6-18-8-13)15-12(17)9-3-4-10(14)11(16)7-9/h3-4,7,16H,2,5-6,8H2,1H3,(H,15,17). The lowest BCUT2D eigenvalue weighted by Crippen LogP contribution is -2.51. The number of phenols is 1. The Morgan fingerprint density at radius 2 is 2.33 bits per heavy atom. The zero-order chi connectivity index (χ0) is 13.2. The monoisotopic (exact) mass is 361 g/mol. The molecule has 0 radical (unpaired) electrons. The normalized spacial score (nSPS) is 23.7. The van der Waals surface area contributed by atoms with Gasteiger partial charge >= 0.3 is 0 Å². The zero-order valence-corrected chi connectivity index (χ0v) is 12.4. The molecule has 1 amide bonds. The van der Waals surface area contributed by atoms with E-state index in [1.54, 1.807) is 12.1 Å². The Hall–Kier alpha value is -0.820. The summed E-state index contributed by atoms with van der Waals surface area (Å²) < 4.78 is 6.13. The summed E-state index contributed by atoms with van der Waals surface area (Å²) in [5, 5.41) is 12.6. The largest absolute Gasteiger partial charge is 0.507 e. The molecule has 1 aromatic carbocycles. The number of ether oxygens (including phenoxy) is 1. The third-order valence-corrected chi connectivity index (χ3v) is 3.97. The Bertz CT molecular complexity index is 456. The summed E-state index contributed by atoms with van der Waals surface area (Å²) in [7, 11) is 0. The molecule has 1 unspecified atom stereocenters. The summed E-state index contributed by atoms with van der Waals surface area (Å²) in [5.74, 6) is -0.0389. The number of aromatic hydroxyl groups is 1. The molecule has 1 aliphatic rings. The molecule has 4 nitrogen and oxygen atoms in total. The summed E-state index contributed by atoms with van der Waals surface area (Å²) in [6.07, 6.45) is 1.86. The number of hydrogen-bond acceptors (Lipinski definition) is 3. The van der Waals surface area contributed by atoms with Crippen LogP contribution < -0.4 is 5.32 Å². The molecule has 0 spiro atoms. The van der Waals surface area contributed by atoms with Crippen LogP contribution >= 0.6 is 22.6 Å². The summed E-state index contributed by atoms with van der Waals surface area (Å²) in [6.45, 7) is 3.28. The minimum Gasteiger partial charge on any atom is -0.507 e. The van der Waals surface area contributed by atoms with Crippen LogP contribution in [0.3, 0.4) is 0 Å². The van der Waals surface area contributed by atoms with E-state index in [1.807, 2.05) is 29.5 Å². The van der Waals surface area contributed by atoms with Gasteiger partial charge in [-0.15, -0.1) is 0 Å². The first-order valence-corrected chi connectivity index (χ1v) is 6.97. The van der Waals surface area contributed by atoms with Gasteiger partial charge in [0.15, 0.2) is 0 Å². The number of carbonyl (C=O) groups excluding carboxylic acids is 1. The highest BCUT2D eigenvalue weighted by atomic mass is 127. The molecule has 2 rings (SSSR count). The molecule has 1 aliphatic heterocycles. The second-order valence-corrected chi connectivity index (χ2v) is 6.00. The van der Waals surface area contributed by atoms with Crippen molar-refractivity contribution >= 4 is 28.5 Å². The molecule has 1 aromatic rings. The van der Waals surface area contributed by atoms with Crippen LogP contribution in [-0.4, -0.2) is 29.8 Å². The van der Waals surface area contributed by atoms with Crippen LogP contribution in [0.25, 0.3) is 0 Å². The van der Waals surface area contributed by atoms with E-state index in [1.165, 1.54) is 6.07 Å². The van der Waals surface area contributed by atoms with Crippen molar-refractivity contribution in [1.29, 1.82) is 0 Å². The number of benzene rings is 1. The average Bonchev–Trinajstić information content (AvgIpc) is 2.33. The molecule has 98 valence electrons. The molecule has 0 bridgehead atoms. The fourth-order valence-electron chi connectivity index (χ4n) is 2.03. The van der Waals surface area contributed by atoms with E-state index in [0.29, 0.717) is 12.2 Å². The predicted octanol–water partition coefficient (Wildman–Crippen LogP) is 2.30. The van der Waals surface area contributed by atoms with Crippen LogP contribution in [0.2, 0.25) is 0 Å². The third-order valence-electron chi connectivity index (χ3n) is 3.06. The average molecular weight is 361 g/mol. The summed E-state index contributed by atoms with van der Waals surface area (Å²) >= 11 is 2.02. The topological polar surface area (TPSA) is 58.6 Å². The quantitative estimate of drug-likeness (QED) is 0.795. The van der Waals surface area contributed by atoms with Gasteiger partial charge in [-0.2, -0.15) is 0 Å². The first-order chi connectivity index (χ1) is 8.50. The van der Waals surface area contributed by atoms with Crippen molar-refractivity contribution in [3.8, 4) is 5.75 Å². The lowest BCUT2D eigenvalue weighted by Gasteiger charge is -2.34. The van der Waals surface area contributed by atoms with E-state index in [0.717, 1.165) is 23.0 Å². The molecule has 1 fully saturated rings. The Morgan fingerprint density at radius 1 is 1.56 bits per heavy atom. The van der Waals surface area contributed by atoms with Crippen LogP contribution in [-0.2, 0) is 4.74 Å². The zero-order valence-electron chi connectivity index (χ0n) is 10.2. The number of rotatable bonds is 2. The number of hydrogen-bond donors (Lipinski definition) is 2. The summed E-state index contributed by atoms with van der Waals surface area (Å²) in [4.78, 5) is 12.1. The van der Waals surface area contributed by atoms with E-state index in [4.69, 9.17) is 4.74 Å². The fourth-order valence-corrected chi connectivity index (χ4v) is 2.37. The Labute approximate surface area is 120 Å². The fraction of sp³-hybridized carbons (Fsp3) is 0.462. The molecule has 1 heterocycles. The van der Waals surface area contributed by atoms with Crippen molar-refractivity contribution in [2.45, 2.75) is 25.3 Å². The van der Waals surface area contributed by atoms with E-state index in [-0.39, 0.29) is 17.2 Å². The molecule has 1 atom stereocenters. The number of carbonyl (C=O) groups is 1. The second-order valence-electron chi connectivity index (χ2n) is 4.84. The van der Waals surface area contributed by atoms with E-state index in [9.17, 15) is 9.90 Å². The molecule has 1 saturated heterocycles. The van der Waals surface area contributed by atoms with Crippen molar-refractivity contribution in [2.75, 3.05) is 13.2 Å². The highest BCUT2D eigenvalue weighted by molar-refractivity contribution is 14.1. The molecule has 18 heavy (non-hydrogen) atoms. The maximum atomic E-state index is 12.1. The van der Waals surface area contributed by atoms with Crippen LogP contribution in [0.1, 0.15) is 30.1 Å². The molecule has 0 aromatic heterocycles. The second kappa shape index (κ2) is 5.44. The Kier molecular flexibility index (Phi) is 4.11. The SMILES string of the molecule is CC1(NC(=O)c2ccc(I)c(O)c2)CCCOC1. The van der Waals surface area contributed by atoms with Gasteiger partial charge in [0.1, 0.15) is 5.75 Å². The van der Waals surface area contributed by atoms with Gasteiger partial charge < -0.3 is 15.2 Å². The van der Waals surface area contributed by atoms with Crippen molar-refractivity contribution in [3.63, 3.8) is 0 Å². The molecule has 0 saturated carbocycles. The number of halogens is 1. The Morgan fingerprint density at radius 3 is 2.94 bits per heavy atom. The van der Waals surface area contributed by atoms with Crippen LogP contribution in [0.15, 0.2) is 18.2 Å². The van der Waals surface area contributed by atoms with E-state index in [2.05, 4.69) is 5.32 Å². The molecular weight excluding hydrogens is 345 g/mol. The van der Waals surface area contributed by atoms with Crippen molar-refractivity contribution in [2.24, 2.45) is 0 Å². The highest BCUT2D eigenvalue weighted by Crippen LogP contribution is 2.22. The number of amides is 1. The van der Waals surface area contributed by atoms with E-state index < -0.39 is 0 Å². The van der Waals surface area contributed by atoms with Gasteiger partial charge in [-0.25, -0.2) is 0 Å². The smallest absolute Gasteiger partial charge is 0.251 e. The van der Waals surface area contributed by atoms with Crippen molar-refractivity contribution < 1.29 is 14.6 Å². The van der Waals surface area contributed by atoms with Gasteiger partial charge in [-0.3, -0.25) is 4.79 Å². The first kappa shape index (κ1) is 13.6. The van der Waals surface area contributed by atoms with Crippen molar-refractivity contribution in [1.82, 2.24) is 5.32 Å². The molecular formula is C13H16INO3. The predicted molar refractivity (Wildman–Crippen MR) is 76.7 cm³/mol. The lowest BCUT2D eigenvalue weighted by molar-refractivity contribution is 0.0272. The molecule has 5 heteroatoms. The van der Waals surface area contributed by atoms with Crippen molar-refractivity contribution in [3.05, 3.63) is 27.3 Å². The van der Waals surface area contributed by atoms with Gasteiger partial charge in [0.25, 0.3) is 5.91 Å². The van der Waals surface area contributed by atoms with Gasteiger partial charge in [0.2, 0.25) is 0 Å². The minimum atomic E-state index is -0.312. The van der Waals surface area contributed by atoms with E-state index >= 15 is 0 Å². The third kappa shape index (κ3) is 3.14. The summed E-state index contributed by atoms with van der Waals surface area (Å²) in [6, 6.07) is 4.93. The highest BCUT2D eigenvalue weighted by Gasteiger charge is 2.29. The molecule has 2 N–H and O–H groups in total. The van der Waals surface area contributed by atoms with Gasteiger partial charge in [-0.05, 0) is 60.6 Å². The maximum absolute atomic E-state index is 12.1. The van der Waals surface area contributed by atoms with Gasteiger partial charge in [-0.1, -0.05) is 0 Å². The van der Waals surface area contributed by atoms with Gasteiger partial charge in [0.05, 0.1) is 15.7 Å². The first-order valence-electron chi connectivity index (χ1n) is 5.89. The van der Waals surface area contributed by atoms with Crippen LogP contribution in [0.5, 0.6) is 5.75 Å². The summed E-state index contributed by atoms with van der Waals surface area (Å²) in [5.41, 5.74) is 0.160. The number of nitrogens with one attached hydrogen (secondary N) is 1. The van der Waals surface area contributed by atoms with Gasteiger partial charge in [0, 0.05) is 12.2 Å². The minimum absolute atomic E-state index is 0.133. The molecule has 0 aliphatic carbocycles.